The number of methoxy groups -OCH3 is 1. The summed E-state index contributed by atoms with van der Waals surface area (Å²) in [6.45, 7) is 6.27. The van der Waals surface area contributed by atoms with Crippen LogP contribution in [-0.4, -0.2) is 39.4 Å². The van der Waals surface area contributed by atoms with Gasteiger partial charge >= 0.3 is 0 Å². The molecule has 0 heterocycles. The topological polar surface area (TPSA) is 33.3 Å². The Morgan fingerprint density at radius 2 is 1.80 bits per heavy atom. The molecule has 1 aliphatic rings. The molecule has 3 nitrogen and oxygen atoms in total. The monoisotopic (exact) mass is 214 g/mol. The fraction of sp³-hybridized carbons (Fsp3) is 1.00. The molecule has 0 radical (unpaired) electrons. The molecule has 2 N–H and O–H groups in total. The molecule has 15 heavy (non-hydrogen) atoms. The van der Waals surface area contributed by atoms with Crippen molar-refractivity contribution in [3.63, 3.8) is 0 Å². The predicted octanol–water partition coefficient (Wildman–Crippen LogP) is 1.39. The molecule has 90 valence electrons. The van der Waals surface area contributed by atoms with Crippen LogP contribution < -0.4 is 10.6 Å². The minimum Gasteiger partial charge on any atom is -0.383 e. The van der Waals surface area contributed by atoms with Gasteiger partial charge in [-0.2, -0.15) is 0 Å². The molecule has 1 saturated carbocycles. The Balaban J connectivity index is 1.87. The summed E-state index contributed by atoms with van der Waals surface area (Å²) in [7, 11) is 1.74. The second kappa shape index (κ2) is 8.08. The molecule has 0 atom stereocenters. The molecular formula is C12H26N2O. The van der Waals surface area contributed by atoms with Crippen molar-refractivity contribution in [3.8, 4) is 0 Å². The minimum absolute atomic E-state index is 0.769. The summed E-state index contributed by atoms with van der Waals surface area (Å²) in [5, 5.41) is 6.96. The molecule has 1 aliphatic carbocycles. The third kappa shape index (κ3) is 6.13. The van der Waals surface area contributed by atoms with Crippen LogP contribution in [0.25, 0.3) is 0 Å². The maximum atomic E-state index is 4.97. The Labute approximate surface area is 94.0 Å². The van der Waals surface area contributed by atoms with E-state index >= 15 is 0 Å². The molecule has 0 spiro atoms. The van der Waals surface area contributed by atoms with Crippen molar-refractivity contribution < 1.29 is 4.74 Å². The maximum absolute atomic E-state index is 4.97. The van der Waals surface area contributed by atoms with Crippen molar-refractivity contribution >= 4 is 0 Å². The van der Waals surface area contributed by atoms with Crippen molar-refractivity contribution in [1.82, 2.24) is 10.6 Å². The van der Waals surface area contributed by atoms with E-state index in [1.54, 1.807) is 7.11 Å². The Morgan fingerprint density at radius 1 is 1.07 bits per heavy atom. The lowest BCUT2D eigenvalue weighted by molar-refractivity contribution is 0.199. The van der Waals surface area contributed by atoms with Gasteiger partial charge in [0.25, 0.3) is 0 Å². The molecule has 0 aromatic rings. The van der Waals surface area contributed by atoms with E-state index in [4.69, 9.17) is 4.74 Å². The van der Waals surface area contributed by atoms with E-state index in [9.17, 15) is 0 Å². The Kier molecular flexibility index (Phi) is 6.98. The smallest absolute Gasteiger partial charge is 0.0587 e. The van der Waals surface area contributed by atoms with Gasteiger partial charge in [-0.3, -0.25) is 0 Å². The quantitative estimate of drug-likeness (QED) is 0.628. The van der Waals surface area contributed by atoms with Crippen LogP contribution in [-0.2, 0) is 4.74 Å². The second-order valence-corrected chi connectivity index (χ2v) is 4.65. The van der Waals surface area contributed by atoms with Crippen LogP contribution in [0.5, 0.6) is 0 Å². The van der Waals surface area contributed by atoms with Crippen LogP contribution in [0.4, 0.5) is 0 Å². The highest BCUT2D eigenvalue weighted by Crippen LogP contribution is 2.23. The summed E-state index contributed by atoms with van der Waals surface area (Å²) < 4.78 is 4.97. The lowest BCUT2D eigenvalue weighted by Crippen LogP contribution is -2.37. The van der Waals surface area contributed by atoms with E-state index in [1.165, 1.54) is 25.7 Å². The van der Waals surface area contributed by atoms with Crippen molar-refractivity contribution in [1.29, 1.82) is 0 Å². The van der Waals surface area contributed by atoms with Gasteiger partial charge in [-0.1, -0.05) is 6.92 Å². The molecule has 0 bridgehead atoms. The first-order valence-electron chi connectivity index (χ1n) is 6.26. The number of hydrogen-bond donors (Lipinski definition) is 2. The zero-order valence-electron chi connectivity index (χ0n) is 10.2. The Morgan fingerprint density at radius 3 is 2.47 bits per heavy atom. The molecule has 0 amide bonds. The molecule has 0 saturated heterocycles. The van der Waals surface area contributed by atoms with E-state index in [0.717, 1.165) is 38.2 Å². The SMILES string of the molecule is COCCNCCNC1CCC(C)CC1. The summed E-state index contributed by atoms with van der Waals surface area (Å²) in [4.78, 5) is 0. The predicted molar refractivity (Wildman–Crippen MR) is 64.2 cm³/mol. The minimum atomic E-state index is 0.769. The lowest BCUT2D eigenvalue weighted by atomic mass is 9.87. The van der Waals surface area contributed by atoms with Gasteiger partial charge in [-0.25, -0.2) is 0 Å². The van der Waals surface area contributed by atoms with E-state index < -0.39 is 0 Å². The summed E-state index contributed by atoms with van der Waals surface area (Å²) >= 11 is 0. The number of hydrogen-bond acceptors (Lipinski definition) is 3. The highest BCUT2D eigenvalue weighted by molar-refractivity contribution is 4.75. The van der Waals surface area contributed by atoms with Crippen LogP contribution in [0.3, 0.4) is 0 Å². The number of nitrogens with one attached hydrogen (secondary N) is 2. The Bertz CT molecular complexity index is 145. The molecule has 0 unspecified atom stereocenters. The molecule has 0 aromatic heterocycles. The van der Waals surface area contributed by atoms with Crippen molar-refractivity contribution in [2.45, 2.75) is 38.6 Å². The van der Waals surface area contributed by atoms with Gasteiger partial charge in [0.05, 0.1) is 6.61 Å². The van der Waals surface area contributed by atoms with Gasteiger partial charge < -0.3 is 15.4 Å². The molecule has 1 fully saturated rings. The summed E-state index contributed by atoms with van der Waals surface area (Å²) in [5.41, 5.74) is 0. The molecule has 0 aromatic carbocycles. The van der Waals surface area contributed by atoms with E-state index in [0.29, 0.717) is 0 Å². The zero-order chi connectivity index (χ0) is 10.9. The van der Waals surface area contributed by atoms with Crippen molar-refractivity contribution in [3.05, 3.63) is 0 Å². The number of rotatable bonds is 7. The standard InChI is InChI=1S/C12H26N2O/c1-11-3-5-12(6-4-11)14-8-7-13-9-10-15-2/h11-14H,3-10H2,1-2H3. The lowest BCUT2D eigenvalue weighted by Gasteiger charge is -2.27. The fourth-order valence-corrected chi connectivity index (χ4v) is 2.13. The van der Waals surface area contributed by atoms with Crippen LogP contribution in [0, 0.1) is 5.92 Å². The average Bonchev–Trinajstić information content (AvgIpc) is 2.26. The first kappa shape index (κ1) is 12.9. The van der Waals surface area contributed by atoms with Crippen LogP contribution in [0.15, 0.2) is 0 Å². The zero-order valence-corrected chi connectivity index (χ0v) is 10.2. The maximum Gasteiger partial charge on any atom is 0.0587 e. The average molecular weight is 214 g/mol. The fourth-order valence-electron chi connectivity index (χ4n) is 2.13. The summed E-state index contributed by atoms with van der Waals surface area (Å²) in [6, 6.07) is 0.769. The normalized spacial score (nSPS) is 26.8. The molecule has 3 heteroatoms. The largest absolute Gasteiger partial charge is 0.383 e. The van der Waals surface area contributed by atoms with Gasteiger partial charge in [0.1, 0.15) is 0 Å². The van der Waals surface area contributed by atoms with Crippen LogP contribution in [0.2, 0.25) is 0 Å². The van der Waals surface area contributed by atoms with Crippen molar-refractivity contribution in [2.75, 3.05) is 33.4 Å². The highest BCUT2D eigenvalue weighted by Gasteiger charge is 2.16. The first-order valence-corrected chi connectivity index (χ1v) is 6.26. The van der Waals surface area contributed by atoms with Crippen LogP contribution >= 0.6 is 0 Å². The van der Waals surface area contributed by atoms with E-state index in [2.05, 4.69) is 17.6 Å². The van der Waals surface area contributed by atoms with E-state index in [-0.39, 0.29) is 0 Å². The van der Waals surface area contributed by atoms with E-state index in [1.807, 2.05) is 0 Å². The van der Waals surface area contributed by atoms with Crippen molar-refractivity contribution in [2.24, 2.45) is 5.92 Å². The third-order valence-electron chi connectivity index (χ3n) is 3.23. The van der Waals surface area contributed by atoms with Gasteiger partial charge in [-0.15, -0.1) is 0 Å². The molecule has 0 aliphatic heterocycles. The molecular weight excluding hydrogens is 188 g/mol. The highest BCUT2D eigenvalue weighted by atomic mass is 16.5. The summed E-state index contributed by atoms with van der Waals surface area (Å²) in [5.74, 6) is 0.947. The third-order valence-corrected chi connectivity index (χ3v) is 3.23. The Hall–Kier alpha value is -0.120. The van der Waals surface area contributed by atoms with Gasteiger partial charge in [0.2, 0.25) is 0 Å². The number of ether oxygens (including phenoxy) is 1. The van der Waals surface area contributed by atoms with Gasteiger partial charge in [0.15, 0.2) is 0 Å². The van der Waals surface area contributed by atoms with Gasteiger partial charge in [0, 0.05) is 32.8 Å². The second-order valence-electron chi connectivity index (χ2n) is 4.65. The van der Waals surface area contributed by atoms with Gasteiger partial charge in [-0.05, 0) is 31.6 Å². The summed E-state index contributed by atoms with van der Waals surface area (Å²) in [6.07, 6.45) is 5.52. The molecule has 1 rings (SSSR count). The van der Waals surface area contributed by atoms with Crippen LogP contribution in [0.1, 0.15) is 32.6 Å². The first-order chi connectivity index (χ1) is 7.33.